The number of nitrogens with zero attached hydrogens (tertiary/aromatic N) is 2. The van der Waals surface area contributed by atoms with E-state index >= 15 is 0 Å². The van der Waals surface area contributed by atoms with Crippen molar-refractivity contribution in [3.63, 3.8) is 0 Å². The standard InChI is InChI=1S/C30H28ClN3O6S/c1-38-28-17-14-24(18-29(28)39-2)34(41(36,37)26-9-4-3-5-10-26)20-30(35)33-32-19-22-12-15-25(16-13-22)40-21-23-8-6-7-11-27(23)31/h3-19H,20-21H2,1-2H3,(H,33,35)/b32-19-. The van der Waals surface area contributed by atoms with Crippen molar-refractivity contribution in [2.75, 3.05) is 25.1 Å². The van der Waals surface area contributed by atoms with Gasteiger partial charge in [-0.15, -0.1) is 0 Å². The van der Waals surface area contributed by atoms with Gasteiger partial charge in [0.15, 0.2) is 11.5 Å². The molecule has 0 spiro atoms. The van der Waals surface area contributed by atoms with Crippen LogP contribution in [0.15, 0.2) is 107 Å². The van der Waals surface area contributed by atoms with Crippen LogP contribution in [0.4, 0.5) is 5.69 Å². The molecule has 4 rings (SSSR count). The van der Waals surface area contributed by atoms with Crippen molar-refractivity contribution < 1.29 is 27.4 Å². The molecule has 0 fully saturated rings. The number of carbonyl (C=O) groups excluding carboxylic acids is 1. The van der Waals surface area contributed by atoms with Crippen LogP contribution in [0, 0.1) is 0 Å². The fourth-order valence-electron chi connectivity index (χ4n) is 3.79. The van der Waals surface area contributed by atoms with E-state index in [1.54, 1.807) is 54.6 Å². The molecular weight excluding hydrogens is 566 g/mol. The molecule has 0 saturated heterocycles. The molecule has 212 valence electrons. The maximum absolute atomic E-state index is 13.5. The number of sulfonamides is 1. The summed E-state index contributed by atoms with van der Waals surface area (Å²) in [6, 6.07) is 27.0. The van der Waals surface area contributed by atoms with E-state index in [1.807, 2.05) is 18.2 Å². The number of ether oxygens (including phenoxy) is 3. The summed E-state index contributed by atoms with van der Waals surface area (Å²) in [4.78, 5) is 12.9. The molecule has 0 saturated carbocycles. The first-order chi connectivity index (χ1) is 19.8. The molecule has 11 heteroatoms. The summed E-state index contributed by atoms with van der Waals surface area (Å²) in [6.45, 7) is -0.204. The van der Waals surface area contributed by atoms with Crippen molar-refractivity contribution in [3.05, 3.63) is 113 Å². The van der Waals surface area contributed by atoms with Crippen molar-refractivity contribution in [2.45, 2.75) is 11.5 Å². The van der Waals surface area contributed by atoms with E-state index in [9.17, 15) is 13.2 Å². The first-order valence-electron chi connectivity index (χ1n) is 12.4. The Bertz CT molecular complexity index is 1610. The Labute approximate surface area is 244 Å². The minimum absolute atomic E-state index is 0.0305. The number of nitrogens with one attached hydrogen (secondary N) is 1. The Kier molecular flexibility index (Phi) is 9.83. The van der Waals surface area contributed by atoms with E-state index in [-0.39, 0.29) is 10.6 Å². The molecule has 0 aliphatic rings. The Hall–Kier alpha value is -4.54. The van der Waals surface area contributed by atoms with Gasteiger partial charge in [-0.25, -0.2) is 13.8 Å². The number of hydrazone groups is 1. The van der Waals surface area contributed by atoms with Gasteiger partial charge in [-0.05, 0) is 60.2 Å². The lowest BCUT2D eigenvalue weighted by molar-refractivity contribution is -0.119. The van der Waals surface area contributed by atoms with E-state index in [0.717, 1.165) is 9.87 Å². The van der Waals surface area contributed by atoms with Crippen molar-refractivity contribution in [2.24, 2.45) is 5.10 Å². The molecular formula is C30H28ClN3O6S. The molecule has 1 N–H and O–H groups in total. The number of amides is 1. The van der Waals surface area contributed by atoms with E-state index in [4.69, 9.17) is 25.8 Å². The lowest BCUT2D eigenvalue weighted by atomic mass is 10.2. The van der Waals surface area contributed by atoms with E-state index < -0.39 is 22.5 Å². The number of hydrogen-bond donors (Lipinski definition) is 1. The van der Waals surface area contributed by atoms with Gasteiger partial charge >= 0.3 is 0 Å². The second-order valence-corrected chi connectivity index (χ2v) is 10.9. The lowest BCUT2D eigenvalue weighted by Gasteiger charge is -2.24. The highest BCUT2D eigenvalue weighted by molar-refractivity contribution is 7.92. The normalized spacial score (nSPS) is 11.2. The predicted molar refractivity (Wildman–Crippen MR) is 158 cm³/mol. The number of carbonyl (C=O) groups is 1. The Balaban J connectivity index is 1.45. The molecule has 0 unspecified atom stereocenters. The SMILES string of the molecule is COc1ccc(N(CC(=O)N/N=C\c2ccc(OCc3ccccc3Cl)cc2)S(=O)(=O)c2ccccc2)cc1OC. The minimum atomic E-state index is -4.10. The highest BCUT2D eigenvalue weighted by atomic mass is 35.5. The Morgan fingerprint density at radius 2 is 1.59 bits per heavy atom. The maximum Gasteiger partial charge on any atom is 0.264 e. The first kappa shape index (κ1) is 29.4. The summed E-state index contributed by atoms with van der Waals surface area (Å²) in [5.74, 6) is 0.733. The van der Waals surface area contributed by atoms with Crippen LogP contribution in [-0.2, 0) is 21.4 Å². The molecule has 9 nitrogen and oxygen atoms in total. The number of rotatable bonds is 12. The fraction of sp³-hybridized carbons (Fsp3) is 0.133. The average molecular weight is 594 g/mol. The highest BCUT2D eigenvalue weighted by Crippen LogP contribution is 2.33. The summed E-state index contributed by atoms with van der Waals surface area (Å²) in [5, 5.41) is 4.62. The summed E-state index contributed by atoms with van der Waals surface area (Å²) >= 11 is 6.17. The average Bonchev–Trinajstić information content (AvgIpc) is 3.00. The smallest absolute Gasteiger partial charge is 0.264 e. The zero-order chi connectivity index (χ0) is 29.2. The number of halogens is 1. The van der Waals surface area contributed by atoms with Gasteiger partial charge in [-0.2, -0.15) is 5.10 Å². The molecule has 0 radical (unpaired) electrons. The zero-order valence-electron chi connectivity index (χ0n) is 22.4. The van der Waals surface area contributed by atoms with Crippen molar-refractivity contribution in [1.29, 1.82) is 0 Å². The van der Waals surface area contributed by atoms with Gasteiger partial charge in [-0.3, -0.25) is 9.10 Å². The van der Waals surface area contributed by atoms with Gasteiger partial charge in [0, 0.05) is 16.7 Å². The molecule has 1 amide bonds. The first-order valence-corrected chi connectivity index (χ1v) is 14.2. The molecule has 41 heavy (non-hydrogen) atoms. The van der Waals surface area contributed by atoms with Crippen LogP contribution in [0.3, 0.4) is 0 Å². The summed E-state index contributed by atoms with van der Waals surface area (Å²) in [5.41, 5.74) is 4.19. The third kappa shape index (κ3) is 7.56. The van der Waals surface area contributed by atoms with E-state index in [0.29, 0.717) is 34.4 Å². The third-order valence-corrected chi connectivity index (χ3v) is 8.07. The second kappa shape index (κ2) is 13.7. The second-order valence-electron chi connectivity index (χ2n) is 8.61. The maximum atomic E-state index is 13.5. The molecule has 0 atom stereocenters. The summed E-state index contributed by atoms with van der Waals surface area (Å²) < 4.78 is 44.4. The van der Waals surface area contributed by atoms with Crippen LogP contribution in [0.1, 0.15) is 11.1 Å². The van der Waals surface area contributed by atoms with Crippen molar-refractivity contribution in [1.82, 2.24) is 5.43 Å². The number of benzene rings is 4. The molecule has 0 bridgehead atoms. The molecule has 4 aromatic carbocycles. The van der Waals surface area contributed by atoms with Crippen LogP contribution in [-0.4, -0.2) is 41.3 Å². The molecule has 0 aliphatic carbocycles. The van der Waals surface area contributed by atoms with Gasteiger partial charge in [0.1, 0.15) is 18.9 Å². The van der Waals surface area contributed by atoms with Crippen molar-refractivity contribution >= 4 is 39.4 Å². The number of anilines is 1. The van der Waals surface area contributed by atoms with Crippen LogP contribution < -0.4 is 23.9 Å². The van der Waals surface area contributed by atoms with Crippen LogP contribution in [0.5, 0.6) is 17.2 Å². The zero-order valence-corrected chi connectivity index (χ0v) is 23.9. The Morgan fingerprint density at radius 1 is 0.902 bits per heavy atom. The van der Waals surface area contributed by atoms with Gasteiger partial charge in [-0.1, -0.05) is 48.0 Å². The van der Waals surface area contributed by atoms with Crippen LogP contribution >= 0.6 is 11.6 Å². The topological polar surface area (TPSA) is 107 Å². The highest BCUT2D eigenvalue weighted by Gasteiger charge is 2.28. The molecule has 0 heterocycles. The minimum Gasteiger partial charge on any atom is -0.493 e. The van der Waals surface area contributed by atoms with Gasteiger partial charge in [0.25, 0.3) is 15.9 Å². The van der Waals surface area contributed by atoms with Gasteiger partial charge in [0.2, 0.25) is 0 Å². The van der Waals surface area contributed by atoms with Crippen molar-refractivity contribution in [3.8, 4) is 17.2 Å². The fourth-order valence-corrected chi connectivity index (χ4v) is 5.41. The monoisotopic (exact) mass is 593 g/mol. The largest absolute Gasteiger partial charge is 0.493 e. The van der Waals surface area contributed by atoms with Crippen LogP contribution in [0.2, 0.25) is 5.02 Å². The predicted octanol–water partition coefficient (Wildman–Crippen LogP) is 5.28. The third-order valence-electron chi connectivity index (χ3n) is 5.91. The number of methoxy groups -OCH3 is 2. The van der Waals surface area contributed by atoms with E-state index in [1.165, 1.54) is 44.7 Å². The quantitative estimate of drug-likeness (QED) is 0.177. The molecule has 4 aromatic rings. The molecule has 0 aliphatic heterocycles. The summed E-state index contributed by atoms with van der Waals surface area (Å²) in [6.07, 6.45) is 1.45. The lowest BCUT2D eigenvalue weighted by Crippen LogP contribution is -2.39. The molecule has 0 aromatic heterocycles. The Morgan fingerprint density at radius 3 is 2.27 bits per heavy atom. The van der Waals surface area contributed by atoms with Crippen LogP contribution in [0.25, 0.3) is 0 Å². The van der Waals surface area contributed by atoms with Gasteiger partial charge < -0.3 is 14.2 Å². The van der Waals surface area contributed by atoms with E-state index in [2.05, 4.69) is 10.5 Å². The van der Waals surface area contributed by atoms with Gasteiger partial charge in [0.05, 0.1) is 31.0 Å². The number of hydrogen-bond acceptors (Lipinski definition) is 7. The summed E-state index contributed by atoms with van der Waals surface area (Å²) in [7, 11) is -1.19.